The number of carbonyl (C=O) groups is 2. The van der Waals surface area contributed by atoms with Crippen LogP contribution in [0.5, 0.6) is 0 Å². The minimum atomic E-state index is -4.19. The molecule has 2 amide bonds. The third-order valence-corrected chi connectivity index (χ3v) is 8.46. The zero-order valence-corrected chi connectivity index (χ0v) is 24.3. The molecule has 0 aliphatic carbocycles. The van der Waals surface area contributed by atoms with E-state index in [1.54, 1.807) is 18.2 Å². The molecule has 0 fully saturated rings. The molecule has 1 unspecified atom stereocenters. The molecule has 10 heteroatoms. The summed E-state index contributed by atoms with van der Waals surface area (Å²) in [5, 5.41) is 3.62. The van der Waals surface area contributed by atoms with Crippen molar-refractivity contribution in [1.82, 2.24) is 10.2 Å². The number of halogens is 2. The van der Waals surface area contributed by atoms with Crippen LogP contribution in [0.2, 0.25) is 10.0 Å². The maximum Gasteiger partial charge on any atom is 0.264 e. The SMILES string of the molecule is CCCCNC(=O)C(CC)N(Cc1ccccc1)C(=O)CN(c1cccc(Cl)c1)S(=O)(=O)c1ccc(Cl)cc1. The lowest BCUT2D eigenvalue weighted by molar-refractivity contribution is -0.140. The van der Waals surface area contributed by atoms with Gasteiger partial charge in [0.15, 0.2) is 0 Å². The predicted molar refractivity (Wildman–Crippen MR) is 156 cm³/mol. The van der Waals surface area contributed by atoms with E-state index in [0.717, 1.165) is 22.7 Å². The van der Waals surface area contributed by atoms with Crippen molar-refractivity contribution in [3.05, 3.63) is 94.5 Å². The van der Waals surface area contributed by atoms with Gasteiger partial charge in [0.2, 0.25) is 11.8 Å². The lowest BCUT2D eigenvalue weighted by atomic mass is 10.1. The number of rotatable bonds is 13. The summed E-state index contributed by atoms with van der Waals surface area (Å²) in [5.41, 5.74) is 1.05. The van der Waals surface area contributed by atoms with Gasteiger partial charge in [-0.25, -0.2) is 8.42 Å². The van der Waals surface area contributed by atoms with Crippen LogP contribution < -0.4 is 9.62 Å². The number of hydrogen-bond donors (Lipinski definition) is 1. The fraction of sp³-hybridized carbons (Fsp3) is 0.310. The van der Waals surface area contributed by atoms with Crippen molar-refractivity contribution < 1.29 is 18.0 Å². The van der Waals surface area contributed by atoms with Gasteiger partial charge in [0.1, 0.15) is 12.6 Å². The standard InChI is InChI=1S/C29H33Cl2N3O4S/c1-3-5-18-32-29(36)27(4-2)33(20-22-10-7-6-8-11-22)28(35)21-34(25-13-9-12-24(31)19-25)39(37,38)26-16-14-23(30)15-17-26/h6-17,19,27H,3-5,18,20-21H2,1-2H3,(H,32,36). The number of anilines is 1. The van der Waals surface area contributed by atoms with Crippen molar-refractivity contribution in [2.24, 2.45) is 0 Å². The Morgan fingerprint density at radius 1 is 0.897 bits per heavy atom. The fourth-order valence-electron chi connectivity index (χ4n) is 4.10. The van der Waals surface area contributed by atoms with Crippen molar-refractivity contribution in [1.29, 1.82) is 0 Å². The van der Waals surface area contributed by atoms with Gasteiger partial charge in [0, 0.05) is 23.1 Å². The second kappa shape index (κ2) is 14.4. The first-order chi connectivity index (χ1) is 18.7. The molecule has 0 saturated heterocycles. The van der Waals surface area contributed by atoms with Gasteiger partial charge in [-0.05, 0) is 60.9 Å². The highest BCUT2D eigenvalue weighted by molar-refractivity contribution is 7.92. The maximum absolute atomic E-state index is 14.0. The third kappa shape index (κ3) is 8.21. The number of nitrogens with zero attached hydrogens (tertiary/aromatic N) is 2. The zero-order chi connectivity index (χ0) is 28.4. The Balaban J connectivity index is 2.02. The van der Waals surface area contributed by atoms with Crippen molar-refractivity contribution in [2.75, 3.05) is 17.4 Å². The molecular weight excluding hydrogens is 557 g/mol. The van der Waals surface area contributed by atoms with Gasteiger partial charge in [-0.15, -0.1) is 0 Å². The molecule has 0 aromatic heterocycles. The smallest absolute Gasteiger partial charge is 0.264 e. The van der Waals surface area contributed by atoms with Crippen LogP contribution in [-0.2, 0) is 26.2 Å². The second-order valence-corrected chi connectivity index (χ2v) is 11.8. The first-order valence-corrected chi connectivity index (χ1v) is 15.0. The Hall–Kier alpha value is -3.07. The van der Waals surface area contributed by atoms with E-state index in [1.165, 1.54) is 35.2 Å². The number of unbranched alkanes of at least 4 members (excludes halogenated alkanes) is 1. The first-order valence-electron chi connectivity index (χ1n) is 12.8. The molecule has 0 bridgehead atoms. The number of nitrogens with one attached hydrogen (secondary N) is 1. The Morgan fingerprint density at radius 3 is 2.21 bits per heavy atom. The summed E-state index contributed by atoms with van der Waals surface area (Å²) >= 11 is 12.2. The molecule has 0 heterocycles. The van der Waals surface area contributed by atoms with E-state index in [9.17, 15) is 18.0 Å². The van der Waals surface area contributed by atoms with E-state index < -0.39 is 28.5 Å². The summed E-state index contributed by atoms with van der Waals surface area (Å²) in [6.07, 6.45) is 2.09. The highest BCUT2D eigenvalue weighted by atomic mass is 35.5. The van der Waals surface area contributed by atoms with Crippen molar-refractivity contribution in [2.45, 2.75) is 50.6 Å². The van der Waals surface area contributed by atoms with Gasteiger partial charge in [0.25, 0.3) is 10.0 Å². The molecular formula is C29H33Cl2N3O4S. The lowest BCUT2D eigenvalue weighted by Crippen LogP contribution is -2.52. The van der Waals surface area contributed by atoms with Crippen LogP contribution in [0.3, 0.4) is 0 Å². The molecule has 1 atom stereocenters. The van der Waals surface area contributed by atoms with Crippen LogP contribution in [0.1, 0.15) is 38.7 Å². The van der Waals surface area contributed by atoms with Crippen LogP contribution in [0.4, 0.5) is 5.69 Å². The van der Waals surface area contributed by atoms with E-state index in [4.69, 9.17) is 23.2 Å². The number of sulfonamides is 1. The summed E-state index contributed by atoms with van der Waals surface area (Å²) < 4.78 is 28.6. The number of benzene rings is 3. The Labute approximate surface area is 240 Å². The van der Waals surface area contributed by atoms with E-state index in [1.807, 2.05) is 44.2 Å². The molecule has 7 nitrogen and oxygen atoms in total. The van der Waals surface area contributed by atoms with Gasteiger partial charge in [-0.2, -0.15) is 0 Å². The van der Waals surface area contributed by atoms with Crippen molar-refractivity contribution in [3.63, 3.8) is 0 Å². The minimum absolute atomic E-state index is 0.0290. The van der Waals surface area contributed by atoms with E-state index >= 15 is 0 Å². The normalized spacial score (nSPS) is 12.0. The summed E-state index contributed by atoms with van der Waals surface area (Å²) in [5.74, 6) is -0.793. The van der Waals surface area contributed by atoms with Crippen molar-refractivity contribution in [3.8, 4) is 0 Å². The molecule has 3 rings (SSSR count). The van der Waals surface area contributed by atoms with Gasteiger partial charge < -0.3 is 10.2 Å². The molecule has 0 aliphatic rings. The molecule has 1 N–H and O–H groups in total. The first kappa shape index (κ1) is 30.5. The van der Waals surface area contributed by atoms with E-state index in [0.29, 0.717) is 23.0 Å². The molecule has 0 radical (unpaired) electrons. The average molecular weight is 591 g/mol. The molecule has 3 aromatic rings. The summed E-state index contributed by atoms with van der Waals surface area (Å²) in [4.78, 5) is 28.6. The van der Waals surface area contributed by atoms with Gasteiger partial charge >= 0.3 is 0 Å². The van der Waals surface area contributed by atoms with Crippen LogP contribution >= 0.6 is 23.2 Å². The monoisotopic (exact) mass is 589 g/mol. The maximum atomic E-state index is 14.0. The van der Waals surface area contributed by atoms with Crippen LogP contribution in [0, 0.1) is 0 Å². The average Bonchev–Trinajstić information content (AvgIpc) is 2.92. The lowest BCUT2D eigenvalue weighted by Gasteiger charge is -2.33. The minimum Gasteiger partial charge on any atom is -0.354 e. The van der Waals surface area contributed by atoms with E-state index in [-0.39, 0.29) is 23.0 Å². The second-order valence-electron chi connectivity index (χ2n) is 9.02. The summed E-state index contributed by atoms with van der Waals surface area (Å²) in [6.45, 7) is 3.97. The number of carbonyl (C=O) groups excluding carboxylic acids is 2. The summed E-state index contributed by atoms with van der Waals surface area (Å²) in [6, 6.07) is 20.5. The van der Waals surface area contributed by atoms with Crippen molar-refractivity contribution >= 4 is 50.7 Å². The Kier molecular flexibility index (Phi) is 11.2. The molecule has 208 valence electrons. The quantitative estimate of drug-likeness (QED) is 0.251. The molecule has 0 spiro atoms. The Morgan fingerprint density at radius 2 is 1.59 bits per heavy atom. The largest absolute Gasteiger partial charge is 0.354 e. The van der Waals surface area contributed by atoms with Crippen LogP contribution in [0.25, 0.3) is 0 Å². The number of amides is 2. The van der Waals surface area contributed by atoms with Crippen LogP contribution in [-0.4, -0.2) is 44.3 Å². The molecule has 39 heavy (non-hydrogen) atoms. The summed E-state index contributed by atoms with van der Waals surface area (Å²) in [7, 11) is -4.19. The zero-order valence-electron chi connectivity index (χ0n) is 22.0. The topological polar surface area (TPSA) is 86.8 Å². The predicted octanol–water partition coefficient (Wildman–Crippen LogP) is 5.91. The fourth-order valence-corrected chi connectivity index (χ4v) is 5.82. The van der Waals surface area contributed by atoms with E-state index in [2.05, 4.69) is 5.32 Å². The number of hydrogen-bond acceptors (Lipinski definition) is 4. The molecule has 0 saturated carbocycles. The van der Waals surface area contributed by atoms with Gasteiger partial charge in [-0.3, -0.25) is 13.9 Å². The highest BCUT2D eigenvalue weighted by Crippen LogP contribution is 2.27. The third-order valence-electron chi connectivity index (χ3n) is 6.19. The van der Waals surface area contributed by atoms with Gasteiger partial charge in [-0.1, -0.05) is 79.9 Å². The Bertz CT molecular complexity index is 1350. The van der Waals surface area contributed by atoms with Gasteiger partial charge in [0.05, 0.1) is 10.6 Å². The van der Waals surface area contributed by atoms with Crippen LogP contribution in [0.15, 0.2) is 83.8 Å². The highest BCUT2D eigenvalue weighted by Gasteiger charge is 2.33. The molecule has 0 aliphatic heterocycles. The molecule has 3 aromatic carbocycles.